The van der Waals surface area contributed by atoms with Gasteiger partial charge in [0.2, 0.25) is 0 Å². The molecule has 0 aromatic carbocycles. The maximum atomic E-state index is 3.51. The van der Waals surface area contributed by atoms with Crippen LogP contribution < -0.4 is 5.43 Å². The van der Waals surface area contributed by atoms with Crippen molar-refractivity contribution in [1.82, 2.24) is 10.4 Å². The third-order valence-electron chi connectivity index (χ3n) is 2.40. The second-order valence-electron chi connectivity index (χ2n) is 3.58. The molecule has 0 unspecified atom stereocenters. The van der Waals surface area contributed by atoms with Crippen molar-refractivity contribution in [1.29, 1.82) is 0 Å². The Morgan fingerprint density at radius 2 is 2.31 bits per heavy atom. The number of hydrogen-bond donors (Lipinski definition) is 1. The first-order chi connectivity index (χ1) is 6.20. The topological polar surface area (TPSA) is 15.3 Å². The number of allylic oxidation sites excluding steroid dienone is 3. The monoisotopic (exact) mass is 240 g/mol. The van der Waals surface area contributed by atoms with E-state index in [0.717, 1.165) is 11.2 Å². The van der Waals surface area contributed by atoms with E-state index >= 15 is 0 Å². The van der Waals surface area contributed by atoms with Crippen LogP contribution >= 0.6 is 15.9 Å². The second-order valence-corrected chi connectivity index (χ2v) is 4.40. The molecule has 0 spiro atoms. The molecule has 0 aromatic rings. The highest BCUT2D eigenvalue weighted by molar-refractivity contribution is 9.11. The molecular weight excluding hydrogens is 228 g/mol. The van der Waals surface area contributed by atoms with Gasteiger partial charge in [0.1, 0.15) is 4.61 Å². The van der Waals surface area contributed by atoms with E-state index in [2.05, 4.69) is 52.4 Å². The smallest absolute Gasteiger partial charge is 0.100 e. The molecule has 0 radical (unpaired) electrons. The molecular formula is C10H13BrN2. The fourth-order valence-corrected chi connectivity index (χ4v) is 2.12. The van der Waals surface area contributed by atoms with E-state index in [1.165, 1.54) is 11.3 Å². The highest BCUT2D eigenvalue weighted by atomic mass is 79.9. The summed E-state index contributed by atoms with van der Waals surface area (Å²) in [6, 6.07) is 0. The molecule has 0 aliphatic carbocycles. The first kappa shape index (κ1) is 9.03. The number of nitrogens with zero attached hydrogens (tertiary/aromatic N) is 1. The van der Waals surface area contributed by atoms with Crippen LogP contribution in [0.25, 0.3) is 0 Å². The standard InChI is InChI=1S/C10H13BrN2/c1-7(2)8-6-12-13-9(8)4-3-5-10(13)11/h3-5,7,12H,6H2,1-2H3. The van der Waals surface area contributed by atoms with E-state index in [0.29, 0.717) is 5.92 Å². The predicted octanol–water partition coefficient (Wildman–Crippen LogP) is 2.52. The Kier molecular flexibility index (Phi) is 2.30. The summed E-state index contributed by atoms with van der Waals surface area (Å²) >= 11 is 3.51. The van der Waals surface area contributed by atoms with Crippen LogP contribution in [0.5, 0.6) is 0 Å². The third-order valence-corrected chi connectivity index (χ3v) is 3.01. The minimum atomic E-state index is 0.607. The summed E-state index contributed by atoms with van der Waals surface area (Å²) < 4.78 is 1.08. The number of hydrogen-bond acceptors (Lipinski definition) is 2. The molecule has 70 valence electrons. The van der Waals surface area contributed by atoms with E-state index in [1.807, 2.05) is 6.08 Å². The van der Waals surface area contributed by atoms with Crippen molar-refractivity contribution >= 4 is 15.9 Å². The Morgan fingerprint density at radius 1 is 1.54 bits per heavy atom. The molecule has 0 bridgehead atoms. The molecule has 2 nitrogen and oxygen atoms in total. The zero-order valence-corrected chi connectivity index (χ0v) is 9.43. The van der Waals surface area contributed by atoms with Crippen LogP contribution in [0.2, 0.25) is 0 Å². The lowest BCUT2D eigenvalue weighted by molar-refractivity contribution is 0.388. The van der Waals surface area contributed by atoms with E-state index in [4.69, 9.17) is 0 Å². The third kappa shape index (κ3) is 1.46. The number of rotatable bonds is 1. The summed E-state index contributed by atoms with van der Waals surface area (Å²) in [7, 11) is 0. The Balaban J connectivity index is 2.37. The van der Waals surface area contributed by atoms with Gasteiger partial charge >= 0.3 is 0 Å². The van der Waals surface area contributed by atoms with Crippen LogP contribution in [0.4, 0.5) is 0 Å². The molecule has 0 aromatic heterocycles. The molecule has 0 saturated heterocycles. The zero-order valence-electron chi connectivity index (χ0n) is 7.84. The molecule has 0 saturated carbocycles. The molecule has 13 heavy (non-hydrogen) atoms. The van der Waals surface area contributed by atoms with E-state index in [1.54, 1.807) is 0 Å². The molecule has 3 heteroatoms. The molecule has 0 fully saturated rings. The molecule has 2 aliphatic heterocycles. The van der Waals surface area contributed by atoms with Gasteiger partial charge in [-0.3, -0.25) is 5.01 Å². The molecule has 2 rings (SSSR count). The summed E-state index contributed by atoms with van der Waals surface area (Å²) in [6.07, 6.45) is 6.27. The zero-order chi connectivity index (χ0) is 9.42. The minimum Gasteiger partial charge on any atom is -0.270 e. The van der Waals surface area contributed by atoms with Crippen molar-refractivity contribution in [3.8, 4) is 0 Å². The average molecular weight is 241 g/mol. The largest absolute Gasteiger partial charge is 0.270 e. The number of halogens is 1. The Morgan fingerprint density at radius 3 is 3.00 bits per heavy atom. The van der Waals surface area contributed by atoms with Crippen molar-refractivity contribution in [3.05, 3.63) is 34.1 Å². The van der Waals surface area contributed by atoms with Crippen LogP contribution in [0.3, 0.4) is 0 Å². The lowest BCUT2D eigenvalue weighted by atomic mass is 10.0. The number of fused-ring (bicyclic) bond motifs is 1. The quantitative estimate of drug-likeness (QED) is 0.709. The average Bonchev–Trinajstić information content (AvgIpc) is 2.48. The van der Waals surface area contributed by atoms with Crippen molar-refractivity contribution < 1.29 is 0 Å². The fourth-order valence-electron chi connectivity index (χ4n) is 1.65. The van der Waals surface area contributed by atoms with Crippen LogP contribution in [0, 0.1) is 5.92 Å². The lowest BCUT2D eigenvalue weighted by Gasteiger charge is -2.22. The summed E-state index contributed by atoms with van der Waals surface area (Å²) in [4.78, 5) is 0. The van der Waals surface area contributed by atoms with Crippen LogP contribution in [0.1, 0.15) is 13.8 Å². The summed E-state index contributed by atoms with van der Waals surface area (Å²) in [5, 5.41) is 2.09. The normalized spacial score (nSPS) is 21.2. The van der Waals surface area contributed by atoms with E-state index in [9.17, 15) is 0 Å². The molecule has 2 heterocycles. The first-order valence-corrected chi connectivity index (χ1v) is 5.30. The van der Waals surface area contributed by atoms with Gasteiger partial charge in [-0.05, 0) is 39.6 Å². The summed E-state index contributed by atoms with van der Waals surface area (Å²) in [5.41, 5.74) is 6.10. The molecule has 1 N–H and O–H groups in total. The highest BCUT2D eigenvalue weighted by Gasteiger charge is 2.24. The number of nitrogens with one attached hydrogen (secondary N) is 1. The SMILES string of the molecule is CC(C)C1=C2C=CC=C(Br)N2NC1. The summed E-state index contributed by atoms with van der Waals surface area (Å²) in [5.74, 6) is 0.607. The van der Waals surface area contributed by atoms with Gasteiger partial charge < -0.3 is 0 Å². The molecule has 0 amide bonds. The summed E-state index contributed by atoms with van der Waals surface area (Å²) in [6.45, 7) is 5.42. The van der Waals surface area contributed by atoms with Crippen LogP contribution in [-0.2, 0) is 0 Å². The van der Waals surface area contributed by atoms with Crippen LogP contribution in [0.15, 0.2) is 34.1 Å². The van der Waals surface area contributed by atoms with Gasteiger partial charge in [-0.1, -0.05) is 19.9 Å². The van der Waals surface area contributed by atoms with Gasteiger partial charge in [0.25, 0.3) is 0 Å². The van der Waals surface area contributed by atoms with Gasteiger partial charge in [0.15, 0.2) is 0 Å². The highest BCUT2D eigenvalue weighted by Crippen LogP contribution is 2.30. The number of hydrazine groups is 1. The maximum absolute atomic E-state index is 3.51. The van der Waals surface area contributed by atoms with E-state index < -0.39 is 0 Å². The van der Waals surface area contributed by atoms with Crippen molar-refractivity contribution in [3.63, 3.8) is 0 Å². The molecule has 0 atom stereocenters. The maximum Gasteiger partial charge on any atom is 0.100 e. The Hall–Kier alpha value is -0.540. The van der Waals surface area contributed by atoms with Gasteiger partial charge in [-0.15, -0.1) is 0 Å². The van der Waals surface area contributed by atoms with Gasteiger partial charge in [-0.2, -0.15) is 0 Å². The second kappa shape index (κ2) is 3.31. The van der Waals surface area contributed by atoms with Crippen molar-refractivity contribution in [2.45, 2.75) is 13.8 Å². The van der Waals surface area contributed by atoms with Gasteiger partial charge in [0, 0.05) is 6.54 Å². The Bertz CT molecular complexity index is 313. The first-order valence-electron chi connectivity index (χ1n) is 4.50. The predicted molar refractivity (Wildman–Crippen MR) is 57.9 cm³/mol. The van der Waals surface area contributed by atoms with E-state index in [-0.39, 0.29) is 0 Å². The molecule has 2 aliphatic rings. The van der Waals surface area contributed by atoms with Gasteiger partial charge in [-0.25, -0.2) is 5.43 Å². The van der Waals surface area contributed by atoms with Gasteiger partial charge in [0.05, 0.1) is 5.70 Å². The van der Waals surface area contributed by atoms with Crippen molar-refractivity contribution in [2.75, 3.05) is 6.54 Å². The Labute approximate surface area is 87.1 Å². The fraction of sp³-hybridized carbons (Fsp3) is 0.400. The van der Waals surface area contributed by atoms with Crippen molar-refractivity contribution in [2.24, 2.45) is 5.92 Å². The lowest BCUT2D eigenvalue weighted by Crippen LogP contribution is -2.29. The van der Waals surface area contributed by atoms with Crippen LogP contribution in [-0.4, -0.2) is 11.6 Å². The minimum absolute atomic E-state index is 0.607.